The second-order valence-electron chi connectivity index (χ2n) is 4.20. The van der Waals surface area contributed by atoms with Crippen LogP contribution in [0.3, 0.4) is 0 Å². The topological polar surface area (TPSA) is 66.1 Å². The van der Waals surface area contributed by atoms with Gasteiger partial charge in [-0.1, -0.05) is 0 Å². The number of piperidine rings is 1. The first-order valence-electron chi connectivity index (χ1n) is 5.61. The van der Waals surface area contributed by atoms with Crippen molar-refractivity contribution in [2.45, 2.75) is 12.8 Å². The zero-order valence-electron chi connectivity index (χ0n) is 9.36. The number of carbonyl (C=O) groups is 1. The van der Waals surface area contributed by atoms with E-state index >= 15 is 0 Å². The standard InChI is InChI=1S/C11H14ClN3O2/c12-7-8-3-5-15(6-4-8)11(17)9-1-2-10(16)14-13-9/h1-2,8H,3-7H2,(H,14,16). The molecule has 1 aliphatic rings. The van der Waals surface area contributed by atoms with E-state index in [4.69, 9.17) is 11.6 Å². The maximum absolute atomic E-state index is 12.0. The molecule has 1 saturated heterocycles. The molecule has 1 aromatic heterocycles. The maximum Gasteiger partial charge on any atom is 0.274 e. The first kappa shape index (κ1) is 12.1. The smallest absolute Gasteiger partial charge is 0.274 e. The number of likely N-dealkylation sites (tertiary alicyclic amines) is 1. The lowest BCUT2D eigenvalue weighted by Gasteiger charge is -2.30. The highest BCUT2D eigenvalue weighted by molar-refractivity contribution is 6.18. The van der Waals surface area contributed by atoms with Gasteiger partial charge in [-0.3, -0.25) is 9.59 Å². The third-order valence-corrected chi connectivity index (χ3v) is 3.45. The van der Waals surface area contributed by atoms with Crippen molar-refractivity contribution in [3.8, 4) is 0 Å². The van der Waals surface area contributed by atoms with Crippen LogP contribution in [0.25, 0.3) is 0 Å². The molecule has 0 radical (unpaired) electrons. The summed E-state index contributed by atoms with van der Waals surface area (Å²) in [6.07, 6.45) is 1.86. The summed E-state index contributed by atoms with van der Waals surface area (Å²) in [5.41, 5.74) is -0.0173. The number of nitrogens with one attached hydrogen (secondary N) is 1. The van der Waals surface area contributed by atoms with Crippen LogP contribution < -0.4 is 5.56 Å². The molecule has 1 N–H and O–H groups in total. The van der Waals surface area contributed by atoms with Crippen LogP contribution in [0.15, 0.2) is 16.9 Å². The number of aromatic nitrogens is 2. The zero-order chi connectivity index (χ0) is 12.3. The van der Waals surface area contributed by atoms with Crippen molar-refractivity contribution in [3.63, 3.8) is 0 Å². The number of nitrogens with zero attached hydrogens (tertiary/aromatic N) is 2. The lowest BCUT2D eigenvalue weighted by atomic mass is 9.99. The fourth-order valence-electron chi connectivity index (χ4n) is 1.92. The highest BCUT2D eigenvalue weighted by Crippen LogP contribution is 2.19. The Kier molecular flexibility index (Phi) is 3.78. The number of carbonyl (C=O) groups excluding carboxylic acids is 1. The lowest BCUT2D eigenvalue weighted by Crippen LogP contribution is -2.39. The summed E-state index contributed by atoms with van der Waals surface area (Å²) in [7, 11) is 0. The molecule has 92 valence electrons. The Bertz CT molecular complexity index is 432. The fourth-order valence-corrected chi connectivity index (χ4v) is 2.22. The Morgan fingerprint density at radius 2 is 2.18 bits per heavy atom. The minimum absolute atomic E-state index is 0.130. The Morgan fingerprint density at radius 1 is 1.47 bits per heavy atom. The monoisotopic (exact) mass is 255 g/mol. The number of hydrogen-bond acceptors (Lipinski definition) is 3. The van der Waals surface area contributed by atoms with Crippen LogP contribution in [-0.4, -0.2) is 40.0 Å². The van der Waals surface area contributed by atoms with Gasteiger partial charge in [-0.25, -0.2) is 5.10 Å². The van der Waals surface area contributed by atoms with Crippen molar-refractivity contribution >= 4 is 17.5 Å². The number of rotatable bonds is 2. The molecular weight excluding hydrogens is 242 g/mol. The van der Waals surface area contributed by atoms with Gasteiger partial charge in [0.2, 0.25) is 0 Å². The van der Waals surface area contributed by atoms with Crippen LogP contribution in [0.1, 0.15) is 23.3 Å². The van der Waals surface area contributed by atoms with Crippen LogP contribution in [0.2, 0.25) is 0 Å². The fraction of sp³-hybridized carbons (Fsp3) is 0.545. The van der Waals surface area contributed by atoms with Crippen LogP contribution in [0.5, 0.6) is 0 Å². The Balaban J connectivity index is 2.01. The van der Waals surface area contributed by atoms with Gasteiger partial charge >= 0.3 is 0 Å². The molecule has 0 atom stereocenters. The number of aromatic amines is 1. The van der Waals surface area contributed by atoms with E-state index in [0.717, 1.165) is 12.8 Å². The molecule has 1 aliphatic heterocycles. The quantitative estimate of drug-likeness (QED) is 0.797. The van der Waals surface area contributed by atoms with E-state index in [1.54, 1.807) is 4.90 Å². The maximum atomic E-state index is 12.0. The molecule has 6 heteroatoms. The van der Waals surface area contributed by atoms with Crippen LogP contribution in [0, 0.1) is 5.92 Å². The molecule has 0 bridgehead atoms. The number of hydrogen-bond donors (Lipinski definition) is 1. The number of amides is 1. The molecule has 2 heterocycles. The normalized spacial score (nSPS) is 17.1. The molecule has 0 saturated carbocycles. The van der Waals surface area contributed by atoms with Gasteiger partial charge in [-0.15, -0.1) is 11.6 Å². The van der Waals surface area contributed by atoms with Crippen LogP contribution in [-0.2, 0) is 0 Å². The van der Waals surface area contributed by atoms with Crippen molar-refractivity contribution in [2.24, 2.45) is 5.92 Å². The molecule has 1 fully saturated rings. The predicted octanol–water partition coefficient (Wildman–Crippen LogP) is 0.861. The third kappa shape index (κ3) is 2.85. The highest BCUT2D eigenvalue weighted by atomic mass is 35.5. The summed E-state index contributed by atoms with van der Waals surface area (Å²) in [6.45, 7) is 1.41. The van der Waals surface area contributed by atoms with Crippen molar-refractivity contribution in [1.82, 2.24) is 15.1 Å². The van der Waals surface area contributed by atoms with Gasteiger partial charge in [-0.05, 0) is 24.8 Å². The van der Waals surface area contributed by atoms with E-state index in [1.807, 2.05) is 0 Å². The van der Waals surface area contributed by atoms with Gasteiger partial charge in [0, 0.05) is 25.0 Å². The summed E-state index contributed by atoms with van der Waals surface area (Å²) >= 11 is 5.79. The van der Waals surface area contributed by atoms with E-state index in [-0.39, 0.29) is 17.2 Å². The molecule has 0 aromatic carbocycles. The van der Waals surface area contributed by atoms with Crippen molar-refractivity contribution in [1.29, 1.82) is 0 Å². The first-order valence-corrected chi connectivity index (χ1v) is 6.15. The molecule has 17 heavy (non-hydrogen) atoms. The molecule has 2 rings (SSSR count). The molecule has 0 unspecified atom stereocenters. The Hall–Kier alpha value is -1.36. The second-order valence-corrected chi connectivity index (χ2v) is 4.50. The van der Waals surface area contributed by atoms with Gasteiger partial charge in [0.05, 0.1) is 0 Å². The van der Waals surface area contributed by atoms with Gasteiger partial charge in [0.15, 0.2) is 0 Å². The number of H-pyrrole nitrogens is 1. The van der Waals surface area contributed by atoms with E-state index in [0.29, 0.717) is 24.9 Å². The Morgan fingerprint density at radius 3 is 2.71 bits per heavy atom. The summed E-state index contributed by atoms with van der Waals surface area (Å²) in [5, 5.41) is 6.00. The first-order chi connectivity index (χ1) is 8.20. The predicted molar refractivity (Wildman–Crippen MR) is 64.2 cm³/mol. The zero-order valence-corrected chi connectivity index (χ0v) is 10.1. The molecule has 5 nitrogen and oxygen atoms in total. The molecule has 0 spiro atoms. The molecular formula is C11H14ClN3O2. The van der Waals surface area contributed by atoms with Gasteiger partial charge in [-0.2, -0.15) is 5.10 Å². The summed E-state index contributed by atoms with van der Waals surface area (Å²) in [4.78, 5) is 24.6. The van der Waals surface area contributed by atoms with E-state index in [1.165, 1.54) is 12.1 Å². The molecule has 1 aromatic rings. The third-order valence-electron chi connectivity index (χ3n) is 3.02. The van der Waals surface area contributed by atoms with E-state index in [2.05, 4.69) is 10.2 Å². The molecule has 0 aliphatic carbocycles. The van der Waals surface area contributed by atoms with Crippen molar-refractivity contribution in [2.75, 3.05) is 19.0 Å². The SMILES string of the molecule is O=C(c1ccc(=O)[nH]n1)N1CCC(CCl)CC1. The Labute approximate surface area is 104 Å². The summed E-state index contributed by atoms with van der Waals surface area (Å²) in [6, 6.07) is 2.76. The highest BCUT2D eigenvalue weighted by Gasteiger charge is 2.23. The van der Waals surface area contributed by atoms with Crippen molar-refractivity contribution < 1.29 is 4.79 Å². The van der Waals surface area contributed by atoms with Crippen LogP contribution in [0.4, 0.5) is 0 Å². The molecule has 1 amide bonds. The minimum Gasteiger partial charge on any atom is -0.337 e. The van der Waals surface area contributed by atoms with Crippen molar-refractivity contribution in [3.05, 3.63) is 28.2 Å². The average molecular weight is 256 g/mol. The second kappa shape index (κ2) is 5.31. The minimum atomic E-state index is -0.303. The van der Waals surface area contributed by atoms with Gasteiger partial charge in [0.1, 0.15) is 5.69 Å². The summed E-state index contributed by atoms with van der Waals surface area (Å²) < 4.78 is 0. The average Bonchev–Trinajstić information content (AvgIpc) is 2.39. The summed E-state index contributed by atoms with van der Waals surface area (Å²) in [5.74, 6) is 1.03. The lowest BCUT2D eigenvalue weighted by molar-refractivity contribution is 0.0691. The van der Waals surface area contributed by atoms with Gasteiger partial charge in [0.25, 0.3) is 11.5 Å². The van der Waals surface area contributed by atoms with E-state index in [9.17, 15) is 9.59 Å². The largest absolute Gasteiger partial charge is 0.337 e. The number of alkyl halides is 1. The van der Waals surface area contributed by atoms with Crippen LogP contribution >= 0.6 is 11.6 Å². The van der Waals surface area contributed by atoms with E-state index < -0.39 is 0 Å². The number of halogens is 1. The van der Waals surface area contributed by atoms with Gasteiger partial charge < -0.3 is 4.90 Å².